The topological polar surface area (TPSA) is 0 Å². The Bertz CT molecular complexity index is 663. The van der Waals surface area contributed by atoms with Crippen molar-refractivity contribution in [2.24, 2.45) is 23.7 Å². The second-order valence-electron chi connectivity index (χ2n) is 10.8. The van der Waals surface area contributed by atoms with Crippen molar-refractivity contribution in [1.29, 1.82) is 0 Å². The molecule has 0 aromatic heterocycles. The third-order valence-corrected chi connectivity index (χ3v) is 8.23. The number of unbranched alkanes of at least 4 members (excludes halogenated alkanes) is 5. The molecule has 180 valence electrons. The van der Waals surface area contributed by atoms with Crippen LogP contribution in [0, 0.1) is 35.3 Å². The molecule has 0 heterocycles. The minimum atomic E-state index is -0.743. The van der Waals surface area contributed by atoms with Crippen LogP contribution in [-0.4, -0.2) is 0 Å². The van der Waals surface area contributed by atoms with Crippen molar-refractivity contribution in [3.63, 3.8) is 0 Å². The van der Waals surface area contributed by atoms with Crippen molar-refractivity contribution < 1.29 is 8.78 Å². The van der Waals surface area contributed by atoms with Crippen LogP contribution in [0.1, 0.15) is 115 Å². The Kier molecular flexibility index (Phi) is 11.3. The molecular weight excluding hydrogens is 398 g/mol. The summed E-state index contributed by atoms with van der Waals surface area (Å²) in [6.45, 7) is 2.29. The maximum atomic E-state index is 13.4. The molecule has 0 unspecified atom stereocenters. The summed E-state index contributed by atoms with van der Waals surface area (Å²) in [4.78, 5) is 0. The highest BCUT2D eigenvalue weighted by atomic mass is 19.2. The number of rotatable bonds is 12. The molecule has 0 atom stereocenters. The van der Waals surface area contributed by atoms with Gasteiger partial charge in [-0.1, -0.05) is 70.1 Å². The highest BCUT2D eigenvalue weighted by molar-refractivity contribution is 5.17. The average molecular weight is 445 g/mol. The molecule has 3 rings (SSSR count). The lowest BCUT2D eigenvalue weighted by molar-refractivity contribution is 0.282. The van der Waals surface area contributed by atoms with Crippen LogP contribution in [0.15, 0.2) is 30.4 Å². The van der Waals surface area contributed by atoms with Crippen molar-refractivity contribution in [2.75, 3.05) is 0 Å². The summed E-state index contributed by atoms with van der Waals surface area (Å²) < 4.78 is 26.5. The standard InChI is InChI=1S/C30H46F2/c1-2-3-4-5-6-7-8-24-9-11-25(12-10-24)13-14-26-15-17-27(18-16-26)19-20-28-21-22-29(31)30(32)23-28/h13-14,21-27H,2-12,15-20H2,1H3/b14-13+/t24-,25-,26-,27-. The monoisotopic (exact) mass is 444 g/mol. The number of aryl methyl sites for hydroxylation is 1. The Morgan fingerprint density at radius 1 is 0.688 bits per heavy atom. The van der Waals surface area contributed by atoms with E-state index in [2.05, 4.69) is 19.1 Å². The Morgan fingerprint density at radius 3 is 1.84 bits per heavy atom. The molecule has 0 spiro atoms. The first-order chi connectivity index (χ1) is 15.6. The van der Waals surface area contributed by atoms with Crippen molar-refractivity contribution in [3.05, 3.63) is 47.5 Å². The lowest BCUT2D eigenvalue weighted by Crippen LogP contribution is -2.15. The molecular formula is C30H46F2. The first-order valence-corrected chi connectivity index (χ1v) is 13.8. The maximum absolute atomic E-state index is 13.4. The second kappa shape index (κ2) is 14.2. The molecule has 0 nitrogen and oxygen atoms in total. The van der Waals surface area contributed by atoms with Gasteiger partial charge in [0.25, 0.3) is 0 Å². The Morgan fingerprint density at radius 2 is 1.25 bits per heavy atom. The smallest absolute Gasteiger partial charge is 0.159 e. The Balaban J connectivity index is 1.25. The van der Waals surface area contributed by atoms with E-state index in [1.807, 2.05) is 0 Å². The summed E-state index contributed by atoms with van der Waals surface area (Å²) in [6, 6.07) is 4.36. The zero-order valence-electron chi connectivity index (χ0n) is 20.5. The molecule has 2 fully saturated rings. The lowest BCUT2D eigenvalue weighted by Gasteiger charge is -2.29. The van der Waals surface area contributed by atoms with Crippen LogP contribution in [0.3, 0.4) is 0 Å². The van der Waals surface area contributed by atoms with E-state index >= 15 is 0 Å². The van der Waals surface area contributed by atoms with Crippen LogP contribution in [0.2, 0.25) is 0 Å². The van der Waals surface area contributed by atoms with Gasteiger partial charge in [-0.3, -0.25) is 0 Å². The normalized spacial score (nSPS) is 26.6. The van der Waals surface area contributed by atoms with Crippen LogP contribution < -0.4 is 0 Å². The summed E-state index contributed by atoms with van der Waals surface area (Å²) in [5.41, 5.74) is 0.929. The second-order valence-corrected chi connectivity index (χ2v) is 10.8. The predicted molar refractivity (Wildman–Crippen MR) is 133 cm³/mol. The van der Waals surface area contributed by atoms with E-state index in [-0.39, 0.29) is 0 Å². The first kappa shape index (κ1) is 25.4. The molecule has 0 N–H and O–H groups in total. The van der Waals surface area contributed by atoms with E-state index in [0.29, 0.717) is 0 Å². The van der Waals surface area contributed by atoms with Crippen molar-refractivity contribution in [3.8, 4) is 0 Å². The SMILES string of the molecule is CCCCCCCC[C@H]1CC[C@H](/C=C/[C@H]2CC[C@H](CCc3ccc(F)c(F)c3)CC2)CC1. The summed E-state index contributed by atoms with van der Waals surface area (Å²) >= 11 is 0. The summed E-state index contributed by atoms with van der Waals surface area (Å²) in [5, 5.41) is 0. The van der Waals surface area contributed by atoms with Crippen molar-refractivity contribution >= 4 is 0 Å². The Hall–Kier alpha value is -1.18. The van der Waals surface area contributed by atoms with E-state index in [0.717, 1.165) is 42.1 Å². The zero-order valence-corrected chi connectivity index (χ0v) is 20.5. The fraction of sp³-hybridized carbons (Fsp3) is 0.733. The molecule has 32 heavy (non-hydrogen) atoms. The summed E-state index contributed by atoms with van der Waals surface area (Å²) in [7, 11) is 0. The van der Waals surface area contributed by atoms with Crippen LogP contribution in [-0.2, 0) is 6.42 Å². The predicted octanol–water partition coefficient (Wildman–Crippen LogP) is 9.82. The molecule has 1 aromatic rings. The number of hydrogen-bond acceptors (Lipinski definition) is 0. The van der Waals surface area contributed by atoms with Crippen LogP contribution in [0.4, 0.5) is 8.78 Å². The number of halogens is 2. The van der Waals surface area contributed by atoms with Crippen LogP contribution in [0.25, 0.3) is 0 Å². The van der Waals surface area contributed by atoms with Crippen molar-refractivity contribution in [1.82, 2.24) is 0 Å². The molecule has 0 aliphatic heterocycles. The van der Waals surface area contributed by atoms with E-state index in [9.17, 15) is 8.78 Å². The molecule has 0 radical (unpaired) electrons. The minimum Gasteiger partial charge on any atom is -0.204 e. The molecule has 2 saturated carbocycles. The molecule has 0 amide bonds. The summed E-state index contributed by atoms with van der Waals surface area (Å²) in [6.07, 6.45) is 27.9. The van der Waals surface area contributed by atoms with Gasteiger partial charge in [-0.15, -0.1) is 0 Å². The van der Waals surface area contributed by atoms with Gasteiger partial charge in [-0.2, -0.15) is 0 Å². The molecule has 2 heteroatoms. The molecule has 2 aliphatic carbocycles. The third-order valence-electron chi connectivity index (χ3n) is 8.23. The largest absolute Gasteiger partial charge is 0.204 e. The van der Waals surface area contributed by atoms with Gasteiger partial charge >= 0.3 is 0 Å². The van der Waals surface area contributed by atoms with E-state index in [4.69, 9.17) is 0 Å². The van der Waals surface area contributed by atoms with Gasteiger partial charge in [0.2, 0.25) is 0 Å². The number of benzene rings is 1. The highest BCUT2D eigenvalue weighted by Crippen LogP contribution is 2.35. The fourth-order valence-corrected chi connectivity index (χ4v) is 5.93. The number of allylic oxidation sites excluding steroid dienone is 2. The van der Waals surface area contributed by atoms with Gasteiger partial charge in [0.15, 0.2) is 11.6 Å². The zero-order chi connectivity index (χ0) is 22.6. The van der Waals surface area contributed by atoms with E-state index in [1.165, 1.54) is 108 Å². The minimum absolute atomic E-state index is 0.715. The van der Waals surface area contributed by atoms with Crippen LogP contribution >= 0.6 is 0 Å². The van der Waals surface area contributed by atoms with Gasteiger partial charge in [-0.25, -0.2) is 8.78 Å². The highest BCUT2D eigenvalue weighted by Gasteiger charge is 2.22. The molecule has 2 aliphatic rings. The quantitative estimate of drug-likeness (QED) is 0.222. The maximum Gasteiger partial charge on any atom is 0.159 e. The van der Waals surface area contributed by atoms with E-state index in [1.54, 1.807) is 6.07 Å². The van der Waals surface area contributed by atoms with Gasteiger partial charge < -0.3 is 0 Å². The third kappa shape index (κ3) is 8.99. The van der Waals surface area contributed by atoms with Gasteiger partial charge in [0.1, 0.15) is 0 Å². The molecule has 1 aromatic carbocycles. The first-order valence-electron chi connectivity index (χ1n) is 13.8. The van der Waals surface area contributed by atoms with Crippen molar-refractivity contribution in [2.45, 2.75) is 116 Å². The molecule has 0 saturated heterocycles. The van der Waals surface area contributed by atoms with Gasteiger partial charge in [0, 0.05) is 0 Å². The fourth-order valence-electron chi connectivity index (χ4n) is 5.93. The van der Waals surface area contributed by atoms with Crippen LogP contribution in [0.5, 0.6) is 0 Å². The summed E-state index contributed by atoms with van der Waals surface area (Å²) in [5.74, 6) is 1.86. The Labute approximate surface area is 196 Å². The lowest BCUT2D eigenvalue weighted by atomic mass is 9.77. The molecule has 0 bridgehead atoms. The average Bonchev–Trinajstić information content (AvgIpc) is 2.82. The van der Waals surface area contributed by atoms with Gasteiger partial charge in [0.05, 0.1) is 0 Å². The number of hydrogen-bond donors (Lipinski definition) is 0. The van der Waals surface area contributed by atoms with Gasteiger partial charge in [-0.05, 0) is 106 Å². The van der Waals surface area contributed by atoms with E-state index < -0.39 is 11.6 Å².